The summed E-state index contributed by atoms with van der Waals surface area (Å²) in [7, 11) is 0. The van der Waals surface area contributed by atoms with Crippen LogP contribution in [-0.2, 0) is 12.8 Å². The molecule has 0 saturated heterocycles. The fourth-order valence-electron chi connectivity index (χ4n) is 1.90. The molecule has 1 aliphatic carbocycles. The summed E-state index contributed by atoms with van der Waals surface area (Å²) in [5.41, 5.74) is 7.82. The summed E-state index contributed by atoms with van der Waals surface area (Å²) in [6.45, 7) is 0. The van der Waals surface area contributed by atoms with Crippen molar-refractivity contribution in [2.24, 2.45) is 16.8 Å². The first-order chi connectivity index (χ1) is 7.11. The Bertz CT molecular complexity index is 403. The van der Waals surface area contributed by atoms with Gasteiger partial charge in [0.2, 0.25) is 0 Å². The third kappa shape index (κ3) is 2.37. The molecule has 0 aromatic heterocycles. The molecule has 0 fully saturated rings. The molecule has 1 aliphatic rings. The van der Waals surface area contributed by atoms with Crippen LogP contribution >= 0.6 is 35.6 Å². The quantitative estimate of drug-likeness (QED) is 0.360. The van der Waals surface area contributed by atoms with Gasteiger partial charge < -0.3 is 10.9 Å². The van der Waals surface area contributed by atoms with E-state index in [9.17, 15) is 0 Å². The number of amidine groups is 1. The third-order valence-electron chi connectivity index (χ3n) is 2.71. The van der Waals surface area contributed by atoms with Gasteiger partial charge >= 0.3 is 0 Å². The lowest BCUT2D eigenvalue weighted by atomic mass is 10.1. The van der Waals surface area contributed by atoms with E-state index < -0.39 is 0 Å². The fourth-order valence-corrected chi connectivity index (χ4v) is 2.28. The Morgan fingerprint density at radius 1 is 1.25 bits per heavy atom. The molecule has 0 saturated carbocycles. The van der Waals surface area contributed by atoms with E-state index in [0.29, 0.717) is 10.0 Å². The van der Waals surface area contributed by atoms with Crippen molar-refractivity contribution in [2.75, 3.05) is 0 Å². The summed E-state index contributed by atoms with van der Waals surface area (Å²) in [4.78, 5) is 0. The van der Waals surface area contributed by atoms with Gasteiger partial charge in [-0.15, -0.1) is 12.4 Å². The van der Waals surface area contributed by atoms with Crippen molar-refractivity contribution in [3.05, 3.63) is 33.3 Å². The molecule has 0 radical (unpaired) electrons. The minimum atomic E-state index is 0. The minimum Gasteiger partial charge on any atom is -0.409 e. The van der Waals surface area contributed by atoms with Gasteiger partial charge in [-0.1, -0.05) is 28.4 Å². The van der Waals surface area contributed by atoms with E-state index in [-0.39, 0.29) is 24.2 Å². The second-order valence-electron chi connectivity index (χ2n) is 3.67. The zero-order valence-electron chi connectivity index (χ0n) is 8.28. The molecule has 3 nitrogen and oxygen atoms in total. The molecule has 0 atom stereocenters. The molecule has 0 amide bonds. The molecule has 0 aliphatic heterocycles. The van der Waals surface area contributed by atoms with Gasteiger partial charge in [-0.25, -0.2) is 0 Å². The van der Waals surface area contributed by atoms with E-state index in [4.69, 9.17) is 34.1 Å². The van der Waals surface area contributed by atoms with E-state index in [1.54, 1.807) is 0 Å². The number of fused-ring (bicyclic) bond motifs is 1. The molecule has 0 spiro atoms. The molecule has 0 unspecified atom stereocenters. The zero-order valence-corrected chi connectivity index (χ0v) is 10.6. The first-order valence-electron chi connectivity index (χ1n) is 4.56. The standard InChI is InChI=1S/C10H10Cl2N2O.ClH/c11-8-3-5-1-7(10(13)14-15)2-6(5)4-9(8)12;/h3-4,7,15H,1-2H2,(H2,13,14);1H. The molecule has 0 bridgehead atoms. The monoisotopic (exact) mass is 280 g/mol. The summed E-state index contributed by atoms with van der Waals surface area (Å²) in [6, 6.07) is 3.70. The molecule has 2 rings (SSSR count). The first-order valence-corrected chi connectivity index (χ1v) is 5.31. The van der Waals surface area contributed by atoms with Crippen LogP contribution in [0, 0.1) is 5.92 Å². The van der Waals surface area contributed by atoms with E-state index in [1.165, 1.54) is 0 Å². The van der Waals surface area contributed by atoms with Gasteiger partial charge in [0, 0.05) is 5.92 Å². The minimum absolute atomic E-state index is 0. The molecular formula is C10H11Cl3N2O. The van der Waals surface area contributed by atoms with Gasteiger partial charge in [-0.05, 0) is 36.1 Å². The Morgan fingerprint density at radius 3 is 2.06 bits per heavy atom. The summed E-state index contributed by atoms with van der Waals surface area (Å²) >= 11 is 11.8. The molecule has 88 valence electrons. The van der Waals surface area contributed by atoms with Gasteiger partial charge in [0.25, 0.3) is 0 Å². The van der Waals surface area contributed by atoms with Crippen molar-refractivity contribution in [1.82, 2.24) is 0 Å². The second kappa shape index (κ2) is 5.13. The number of hydrogen-bond donors (Lipinski definition) is 2. The maximum Gasteiger partial charge on any atom is 0.142 e. The maximum absolute atomic E-state index is 8.59. The normalized spacial score (nSPS) is 15.8. The van der Waals surface area contributed by atoms with E-state index >= 15 is 0 Å². The Kier molecular flexibility index (Phi) is 4.30. The lowest BCUT2D eigenvalue weighted by molar-refractivity contribution is 0.314. The number of halogens is 3. The average Bonchev–Trinajstić information content (AvgIpc) is 2.60. The van der Waals surface area contributed by atoms with Crippen molar-refractivity contribution in [2.45, 2.75) is 12.8 Å². The molecule has 1 aromatic rings. The van der Waals surface area contributed by atoms with E-state index in [2.05, 4.69) is 5.16 Å². The molecule has 0 heterocycles. The van der Waals surface area contributed by atoms with Crippen LogP contribution in [0.5, 0.6) is 0 Å². The van der Waals surface area contributed by atoms with E-state index in [0.717, 1.165) is 24.0 Å². The first kappa shape index (κ1) is 13.4. The Balaban J connectivity index is 0.00000128. The molecule has 16 heavy (non-hydrogen) atoms. The smallest absolute Gasteiger partial charge is 0.142 e. The number of nitrogens with two attached hydrogens (primary N) is 1. The highest BCUT2D eigenvalue weighted by atomic mass is 35.5. The van der Waals surface area contributed by atoms with Crippen LogP contribution in [-0.4, -0.2) is 11.0 Å². The van der Waals surface area contributed by atoms with Crippen LogP contribution in [0.25, 0.3) is 0 Å². The van der Waals surface area contributed by atoms with Crippen LogP contribution < -0.4 is 5.73 Å². The average molecular weight is 282 g/mol. The lowest BCUT2D eigenvalue weighted by Crippen LogP contribution is -2.23. The Morgan fingerprint density at radius 2 is 1.69 bits per heavy atom. The van der Waals surface area contributed by atoms with E-state index in [1.807, 2.05) is 12.1 Å². The van der Waals surface area contributed by atoms with Crippen molar-refractivity contribution < 1.29 is 5.21 Å². The number of rotatable bonds is 1. The van der Waals surface area contributed by atoms with Crippen LogP contribution in [0.1, 0.15) is 11.1 Å². The zero-order chi connectivity index (χ0) is 11.0. The molecule has 1 aromatic carbocycles. The van der Waals surface area contributed by atoms with Gasteiger partial charge in [-0.2, -0.15) is 0 Å². The van der Waals surface area contributed by atoms with Crippen LogP contribution in [0.3, 0.4) is 0 Å². The molecule has 6 heteroatoms. The molecular weight excluding hydrogens is 270 g/mol. The summed E-state index contributed by atoms with van der Waals surface area (Å²) in [5.74, 6) is 0.318. The predicted octanol–water partition coefficient (Wildman–Crippen LogP) is 2.88. The third-order valence-corrected chi connectivity index (χ3v) is 3.43. The van der Waals surface area contributed by atoms with Crippen molar-refractivity contribution in [3.8, 4) is 0 Å². The Hall–Kier alpha value is -0.640. The highest BCUT2D eigenvalue weighted by molar-refractivity contribution is 6.42. The lowest BCUT2D eigenvalue weighted by Gasteiger charge is -2.04. The number of oxime groups is 1. The highest BCUT2D eigenvalue weighted by Gasteiger charge is 2.25. The number of hydrogen-bond acceptors (Lipinski definition) is 2. The van der Waals surface area contributed by atoms with Crippen LogP contribution in [0.15, 0.2) is 17.3 Å². The van der Waals surface area contributed by atoms with Crippen molar-refractivity contribution in [1.29, 1.82) is 0 Å². The van der Waals surface area contributed by atoms with Gasteiger partial charge in [-0.3, -0.25) is 0 Å². The van der Waals surface area contributed by atoms with Crippen molar-refractivity contribution >= 4 is 41.4 Å². The fraction of sp³-hybridized carbons (Fsp3) is 0.300. The molecule has 3 N–H and O–H groups in total. The van der Waals surface area contributed by atoms with Gasteiger partial charge in [0.05, 0.1) is 10.0 Å². The van der Waals surface area contributed by atoms with Crippen LogP contribution in [0.4, 0.5) is 0 Å². The highest BCUT2D eigenvalue weighted by Crippen LogP contribution is 2.33. The topological polar surface area (TPSA) is 58.6 Å². The SMILES string of the molecule is Cl.N/C(=N\O)C1Cc2cc(Cl)c(Cl)cc2C1. The van der Waals surface area contributed by atoms with Crippen molar-refractivity contribution in [3.63, 3.8) is 0 Å². The summed E-state index contributed by atoms with van der Waals surface area (Å²) in [6.07, 6.45) is 1.50. The summed E-state index contributed by atoms with van der Waals surface area (Å²) < 4.78 is 0. The second-order valence-corrected chi connectivity index (χ2v) is 4.48. The van der Waals surface area contributed by atoms with Gasteiger partial charge in [0.15, 0.2) is 0 Å². The maximum atomic E-state index is 8.59. The largest absolute Gasteiger partial charge is 0.409 e. The summed E-state index contributed by atoms with van der Waals surface area (Å²) in [5, 5.41) is 12.7. The van der Waals surface area contributed by atoms with Gasteiger partial charge in [0.1, 0.15) is 5.84 Å². The number of benzene rings is 1. The Labute approximate surface area is 110 Å². The number of nitrogens with zero attached hydrogens (tertiary/aromatic N) is 1. The van der Waals surface area contributed by atoms with Crippen LogP contribution in [0.2, 0.25) is 10.0 Å². The predicted molar refractivity (Wildman–Crippen MR) is 68.0 cm³/mol.